The van der Waals surface area contributed by atoms with Gasteiger partial charge in [-0.15, -0.1) is 0 Å². The number of nitrogens with one attached hydrogen (secondary N) is 1. The topological polar surface area (TPSA) is 105 Å². The Morgan fingerprint density at radius 2 is 1.80 bits per heavy atom. The number of amides is 1. The molecule has 7 heteroatoms. The van der Waals surface area contributed by atoms with Crippen molar-refractivity contribution in [3.63, 3.8) is 0 Å². The molecular weight excluding hydrogens is 266 g/mol. The third-order valence-corrected chi connectivity index (χ3v) is 2.50. The first-order valence-electron chi connectivity index (χ1n) is 5.93. The number of aliphatic hydroxyl groups is 1. The molecule has 0 aliphatic carbocycles. The van der Waals surface area contributed by atoms with E-state index in [9.17, 15) is 9.59 Å². The number of hydrogen-bond donors (Lipinski definition) is 3. The van der Waals surface area contributed by atoms with Gasteiger partial charge in [0.25, 0.3) is 5.91 Å². The molecule has 1 amide bonds. The molecule has 0 saturated carbocycles. The first-order chi connectivity index (χ1) is 9.43. The van der Waals surface area contributed by atoms with E-state index in [0.29, 0.717) is 11.5 Å². The summed E-state index contributed by atoms with van der Waals surface area (Å²) in [4.78, 5) is 22.0. The Hall–Kier alpha value is -2.28. The maximum absolute atomic E-state index is 11.6. The lowest BCUT2D eigenvalue weighted by Gasteiger charge is -2.15. The first kappa shape index (κ1) is 15.8. The number of carboxylic acids is 1. The predicted octanol–water partition coefficient (Wildman–Crippen LogP) is 0.0242. The monoisotopic (exact) mass is 283 g/mol. The number of benzene rings is 1. The molecule has 0 aliphatic rings. The van der Waals surface area contributed by atoms with Gasteiger partial charge in [0.15, 0.2) is 12.2 Å². The molecule has 0 fully saturated rings. The minimum absolute atomic E-state index is 0.371. The van der Waals surface area contributed by atoms with Gasteiger partial charge in [0, 0.05) is 0 Å². The highest BCUT2D eigenvalue weighted by atomic mass is 16.5. The fourth-order valence-corrected chi connectivity index (χ4v) is 1.34. The number of aliphatic hydroxyl groups excluding tert-OH is 1. The minimum atomic E-state index is -1.63. The SMILES string of the molecule is COc1ccc(OC(C)C(=O)NCC(O)C(=O)O)cc1. The third-order valence-electron chi connectivity index (χ3n) is 2.50. The fraction of sp³-hybridized carbons (Fsp3) is 0.385. The summed E-state index contributed by atoms with van der Waals surface area (Å²) in [6, 6.07) is 6.67. The number of carbonyl (C=O) groups excluding carboxylic acids is 1. The van der Waals surface area contributed by atoms with Crippen LogP contribution in [0, 0.1) is 0 Å². The molecule has 1 aromatic rings. The average Bonchev–Trinajstić information content (AvgIpc) is 2.44. The van der Waals surface area contributed by atoms with E-state index in [1.807, 2.05) is 0 Å². The molecule has 0 bridgehead atoms. The van der Waals surface area contributed by atoms with Crippen LogP contribution < -0.4 is 14.8 Å². The Balaban J connectivity index is 2.46. The summed E-state index contributed by atoms with van der Waals surface area (Å²) in [7, 11) is 1.54. The third kappa shape index (κ3) is 4.77. The standard InChI is InChI=1S/C13H17NO6/c1-8(12(16)14-7-11(15)13(17)18)20-10-5-3-9(19-2)4-6-10/h3-6,8,11,15H,7H2,1-2H3,(H,14,16)(H,17,18). The van der Waals surface area contributed by atoms with E-state index in [4.69, 9.17) is 19.7 Å². The van der Waals surface area contributed by atoms with Crippen LogP contribution in [0.5, 0.6) is 11.5 Å². The average molecular weight is 283 g/mol. The van der Waals surface area contributed by atoms with E-state index in [2.05, 4.69) is 5.32 Å². The van der Waals surface area contributed by atoms with E-state index in [1.165, 1.54) is 6.92 Å². The van der Waals surface area contributed by atoms with Crippen molar-refractivity contribution < 1.29 is 29.3 Å². The number of methoxy groups -OCH3 is 1. The Bertz CT molecular complexity index is 458. The van der Waals surface area contributed by atoms with Crippen LogP contribution in [0.4, 0.5) is 0 Å². The molecule has 0 radical (unpaired) electrons. The van der Waals surface area contributed by atoms with Gasteiger partial charge in [0.2, 0.25) is 0 Å². The van der Waals surface area contributed by atoms with Crippen molar-refractivity contribution >= 4 is 11.9 Å². The maximum Gasteiger partial charge on any atom is 0.334 e. The van der Waals surface area contributed by atoms with Crippen molar-refractivity contribution in [2.24, 2.45) is 0 Å². The molecule has 1 aromatic carbocycles. The zero-order chi connectivity index (χ0) is 15.1. The van der Waals surface area contributed by atoms with Crippen molar-refractivity contribution in [2.45, 2.75) is 19.1 Å². The zero-order valence-electron chi connectivity index (χ0n) is 11.2. The largest absolute Gasteiger partial charge is 0.497 e. The van der Waals surface area contributed by atoms with Gasteiger partial charge in [-0.05, 0) is 31.2 Å². The molecule has 0 spiro atoms. The number of aliphatic carboxylic acids is 1. The normalized spacial score (nSPS) is 13.2. The van der Waals surface area contributed by atoms with Crippen LogP contribution in [0.3, 0.4) is 0 Å². The van der Waals surface area contributed by atoms with Crippen molar-refractivity contribution in [2.75, 3.05) is 13.7 Å². The number of ether oxygens (including phenoxy) is 2. The van der Waals surface area contributed by atoms with Gasteiger partial charge in [-0.3, -0.25) is 4.79 Å². The zero-order valence-corrected chi connectivity index (χ0v) is 11.2. The Morgan fingerprint density at radius 1 is 1.25 bits per heavy atom. The van der Waals surface area contributed by atoms with E-state index < -0.39 is 24.1 Å². The van der Waals surface area contributed by atoms with Gasteiger partial charge in [-0.25, -0.2) is 4.79 Å². The molecule has 20 heavy (non-hydrogen) atoms. The van der Waals surface area contributed by atoms with Gasteiger partial charge in [0.1, 0.15) is 11.5 Å². The molecule has 0 aromatic heterocycles. The summed E-state index contributed by atoms with van der Waals surface area (Å²) in [6.07, 6.45) is -2.45. The second kappa shape index (κ2) is 7.34. The van der Waals surface area contributed by atoms with Crippen LogP contribution in [0.15, 0.2) is 24.3 Å². The molecule has 0 saturated heterocycles. The minimum Gasteiger partial charge on any atom is -0.497 e. The van der Waals surface area contributed by atoms with Gasteiger partial charge < -0.3 is 25.0 Å². The summed E-state index contributed by atoms with van der Waals surface area (Å²) in [6.45, 7) is 1.15. The smallest absolute Gasteiger partial charge is 0.334 e. The highest BCUT2D eigenvalue weighted by molar-refractivity contribution is 5.81. The first-order valence-corrected chi connectivity index (χ1v) is 5.93. The molecule has 2 atom stereocenters. The maximum atomic E-state index is 11.6. The van der Waals surface area contributed by atoms with E-state index in [1.54, 1.807) is 31.4 Å². The Kier molecular flexibility index (Phi) is 5.79. The predicted molar refractivity (Wildman–Crippen MR) is 69.7 cm³/mol. The number of carboxylic acid groups (broad SMARTS) is 1. The molecule has 2 unspecified atom stereocenters. The van der Waals surface area contributed by atoms with E-state index in [0.717, 1.165) is 0 Å². The van der Waals surface area contributed by atoms with Crippen LogP contribution in [-0.4, -0.2) is 48.0 Å². The van der Waals surface area contributed by atoms with Gasteiger partial charge >= 0.3 is 5.97 Å². The second-order valence-corrected chi connectivity index (χ2v) is 4.03. The second-order valence-electron chi connectivity index (χ2n) is 4.03. The van der Waals surface area contributed by atoms with Crippen LogP contribution >= 0.6 is 0 Å². The molecule has 0 aliphatic heterocycles. The van der Waals surface area contributed by atoms with Crippen LogP contribution in [0.1, 0.15) is 6.92 Å². The fourth-order valence-electron chi connectivity index (χ4n) is 1.34. The van der Waals surface area contributed by atoms with E-state index >= 15 is 0 Å². The van der Waals surface area contributed by atoms with Crippen LogP contribution in [0.2, 0.25) is 0 Å². The summed E-state index contributed by atoms with van der Waals surface area (Å²) < 4.78 is 10.4. The van der Waals surface area contributed by atoms with Gasteiger partial charge in [-0.1, -0.05) is 0 Å². The van der Waals surface area contributed by atoms with Crippen molar-refractivity contribution in [1.29, 1.82) is 0 Å². The van der Waals surface area contributed by atoms with Gasteiger partial charge in [0.05, 0.1) is 13.7 Å². The highest BCUT2D eigenvalue weighted by Crippen LogP contribution is 2.18. The molecule has 1 rings (SSSR count). The van der Waals surface area contributed by atoms with E-state index in [-0.39, 0.29) is 6.54 Å². The summed E-state index contributed by atoms with van der Waals surface area (Å²) in [5, 5.41) is 19.8. The number of hydrogen-bond acceptors (Lipinski definition) is 5. The lowest BCUT2D eigenvalue weighted by Crippen LogP contribution is -2.42. The summed E-state index contributed by atoms with van der Waals surface area (Å²) >= 11 is 0. The van der Waals surface area contributed by atoms with Crippen LogP contribution in [0.25, 0.3) is 0 Å². The highest BCUT2D eigenvalue weighted by Gasteiger charge is 2.18. The molecular formula is C13H17NO6. The quantitative estimate of drug-likeness (QED) is 0.652. The van der Waals surface area contributed by atoms with Crippen molar-refractivity contribution in [3.05, 3.63) is 24.3 Å². The van der Waals surface area contributed by atoms with Crippen molar-refractivity contribution in [3.8, 4) is 11.5 Å². The summed E-state index contributed by atoms with van der Waals surface area (Å²) in [5.74, 6) is -0.763. The van der Waals surface area contributed by atoms with Crippen LogP contribution in [-0.2, 0) is 9.59 Å². The Labute approximate surface area is 116 Å². The summed E-state index contributed by atoms with van der Waals surface area (Å²) in [5.41, 5.74) is 0. The number of carbonyl (C=O) groups is 2. The van der Waals surface area contributed by atoms with Crippen molar-refractivity contribution in [1.82, 2.24) is 5.32 Å². The molecule has 110 valence electrons. The van der Waals surface area contributed by atoms with Gasteiger partial charge in [-0.2, -0.15) is 0 Å². The Morgan fingerprint density at radius 3 is 2.30 bits per heavy atom. The molecule has 7 nitrogen and oxygen atoms in total. The number of rotatable bonds is 7. The lowest BCUT2D eigenvalue weighted by molar-refractivity contribution is -0.146. The molecule has 0 heterocycles. The lowest BCUT2D eigenvalue weighted by atomic mass is 10.3. The molecule has 3 N–H and O–H groups in total.